The number of nitrogens with one attached hydrogen (secondary N) is 1. The molecule has 2 rings (SSSR count). The molecule has 0 spiro atoms. The van der Waals surface area contributed by atoms with Gasteiger partial charge in [0.25, 0.3) is 0 Å². The van der Waals surface area contributed by atoms with Crippen molar-refractivity contribution in [1.82, 2.24) is 4.72 Å². The van der Waals surface area contributed by atoms with E-state index in [1.807, 2.05) is 26.0 Å². The second-order valence-electron chi connectivity index (χ2n) is 6.13. The lowest BCUT2D eigenvalue weighted by Gasteiger charge is -2.09. The standard InChI is InChI=1S/C20H23NO6S/c1-4-26-16-7-9-17(10-8-16)28(24,25)21-12-20(23)27-13-19(22)18-11-14(2)5-6-15(18)3/h5-11,21H,4,12-13H2,1-3H3. The summed E-state index contributed by atoms with van der Waals surface area (Å²) >= 11 is 0. The van der Waals surface area contributed by atoms with Gasteiger partial charge in [-0.2, -0.15) is 4.72 Å². The Morgan fingerprint density at radius 3 is 2.36 bits per heavy atom. The molecule has 0 radical (unpaired) electrons. The van der Waals surface area contributed by atoms with Crippen molar-refractivity contribution in [3.63, 3.8) is 0 Å². The first-order valence-corrected chi connectivity index (χ1v) is 10.2. The molecule has 0 aliphatic heterocycles. The summed E-state index contributed by atoms with van der Waals surface area (Å²) in [7, 11) is -3.88. The van der Waals surface area contributed by atoms with Gasteiger partial charge >= 0.3 is 5.97 Å². The van der Waals surface area contributed by atoms with Crippen LogP contribution in [0.3, 0.4) is 0 Å². The Balaban J connectivity index is 1.89. The van der Waals surface area contributed by atoms with Gasteiger partial charge in [-0.15, -0.1) is 0 Å². The first kappa shape index (κ1) is 21.6. The fourth-order valence-corrected chi connectivity index (χ4v) is 3.40. The summed E-state index contributed by atoms with van der Waals surface area (Å²) in [6.07, 6.45) is 0. The molecule has 0 saturated carbocycles. The predicted octanol–water partition coefficient (Wildman–Crippen LogP) is 2.41. The minimum Gasteiger partial charge on any atom is -0.494 e. The van der Waals surface area contributed by atoms with Gasteiger partial charge in [0.2, 0.25) is 15.8 Å². The van der Waals surface area contributed by atoms with Gasteiger partial charge in [0.15, 0.2) is 6.61 Å². The average molecular weight is 405 g/mol. The molecule has 0 atom stereocenters. The van der Waals surface area contributed by atoms with Crippen LogP contribution in [0.5, 0.6) is 5.75 Å². The Labute approximate surface area is 164 Å². The minimum atomic E-state index is -3.88. The molecule has 0 fully saturated rings. The highest BCUT2D eigenvalue weighted by atomic mass is 32.2. The maximum absolute atomic E-state index is 12.2. The summed E-state index contributed by atoms with van der Waals surface area (Å²) in [5.74, 6) is -0.636. The van der Waals surface area contributed by atoms with Gasteiger partial charge in [-0.3, -0.25) is 9.59 Å². The van der Waals surface area contributed by atoms with Crippen molar-refractivity contribution < 1.29 is 27.5 Å². The molecule has 28 heavy (non-hydrogen) atoms. The minimum absolute atomic E-state index is 0.00443. The molecule has 0 saturated heterocycles. The Kier molecular flexibility index (Phi) is 7.31. The summed E-state index contributed by atoms with van der Waals surface area (Å²) in [6, 6.07) is 11.2. The SMILES string of the molecule is CCOc1ccc(S(=O)(=O)NCC(=O)OCC(=O)c2cc(C)ccc2C)cc1. The van der Waals surface area contributed by atoms with Gasteiger partial charge in [0.1, 0.15) is 12.3 Å². The van der Waals surface area contributed by atoms with Gasteiger partial charge in [-0.1, -0.05) is 17.7 Å². The van der Waals surface area contributed by atoms with Crippen LogP contribution in [0.25, 0.3) is 0 Å². The summed E-state index contributed by atoms with van der Waals surface area (Å²) < 4.78 is 36.8. The van der Waals surface area contributed by atoms with Gasteiger partial charge < -0.3 is 9.47 Å². The maximum atomic E-state index is 12.2. The summed E-state index contributed by atoms with van der Waals surface area (Å²) in [4.78, 5) is 24.0. The largest absolute Gasteiger partial charge is 0.494 e. The van der Waals surface area contributed by atoms with E-state index in [1.165, 1.54) is 24.3 Å². The summed E-state index contributed by atoms with van der Waals surface area (Å²) in [6.45, 7) is 4.92. The third-order valence-electron chi connectivity index (χ3n) is 3.91. The van der Waals surface area contributed by atoms with Gasteiger partial charge in [0, 0.05) is 5.56 Å². The summed E-state index contributed by atoms with van der Waals surface area (Å²) in [5, 5.41) is 0. The first-order valence-electron chi connectivity index (χ1n) is 8.71. The van der Waals surface area contributed by atoms with Crippen LogP contribution in [0.1, 0.15) is 28.4 Å². The van der Waals surface area contributed by atoms with E-state index in [0.717, 1.165) is 11.1 Å². The van der Waals surface area contributed by atoms with E-state index in [4.69, 9.17) is 9.47 Å². The van der Waals surface area contributed by atoms with Crippen molar-refractivity contribution in [2.24, 2.45) is 0 Å². The molecule has 0 bridgehead atoms. The van der Waals surface area contributed by atoms with E-state index in [2.05, 4.69) is 4.72 Å². The van der Waals surface area contributed by atoms with Crippen LogP contribution >= 0.6 is 0 Å². The number of ketones is 1. The molecule has 0 aliphatic carbocycles. The molecule has 0 aromatic heterocycles. The molecule has 8 heteroatoms. The lowest BCUT2D eigenvalue weighted by molar-refractivity contribution is -0.141. The lowest BCUT2D eigenvalue weighted by Crippen LogP contribution is -2.31. The molecular weight excluding hydrogens is 382 g/mol. The quantitative estimate of drug-likeness (QED) is 0.508. The normalized spacial score (nSPS) is 11.1. The van der Waals surface area contributed by atoms with Crippen molar-refractivity contribution in [2.75, 3.05) is 19.8 Å². The molecule has 0 amide bonds. The number of benzene rings is 2. The third kappa shape index (κ3) is 5.90. The predicted molar refractivity (Wildman–Crippen MR) is 104 cm³/mol. The Morgan fingerprint density at radius 2 is 1.71 bits per heavy atom. The molecule has 2 aromatic carbocycles. The third-order valence-corrected chi connectivity index (χ3v) is 5.33. The molecule has 0 heterocycles. The number of rotatable bonds is 9. The number of sulfonamides is 1. The lowest BCUT2D eigenvalue weighted by atomic mass is 10.0. The van der Waals surface area contributed by atoms with Gasteiger partial charge in [-0.25, -0.2) is 8.42 Å². The van der Waals surface area contributed by atoms with Crippen molar-refractivity contribution in [3.8, 4) is 5.75 Å². The molecule has 0 unspecified atom stereocenters. The number of hydrogen-bond acceptors (Lipinski definition) is 6. The maximum Gasteiger partial charge on any atom is 0.321 e. The molecule has 1 N–H and O–H groups in total. The van der Waals surface area contributed by atoms with Gasteiger partial charge in [-0.05, 0) is 56.7 Å². The van der Waals surface area contributed by atoms with E-state index >= 15 is 0 Å². The monoisotopic (exact) mass is 405 g/mol. The number of aryl methyl sites for hydroxylation is 2. The van der Waals surface area contributed by atoms with Crippen LogP contribution in [-0.4, -0.2) is 39.9 Å². The molecule has 150 valence electrons. The number of hydrogen-bond donors (Lipinski definition) is 1. The zero-order valence-electron chi connectivity index (χ0n) is 16.0. The second kappa shape index (κ2) is 9.48. The fraction of sp³-hybridized carbons (Fsp3) is 0.300. The van der Waals surface area contributed by atoms with E-state index < -0.39 is 29.1 Å². The smallest absolute Gasteiger partial charge is 0.321 e. The molecule has 0 aliphatic rings. The summed E-state index contributed by atoms with van der Waals surface area (Å²) in [5.41, 5.74) is 2.18. The number of carbonyl (C=O) groups is 2. The number of esters is 1. The van der Waals surface area contributed by atoms with E-state index in [0.29, 0.717) is 17.9 Å². The second-order valence-corrected chi connectivity index (χ2v) is 7.90. The van der Waals surface area contributed by atoms with Crippen LogP contribution in [0.4, 0.5) is 0 Å². The van der Waals surface area contributed by atoms with Crippen LogP contribution in [0.15, 0.2) is 47.4 Å². The zero-order valence-corrected chi connectivity index (χ0v) is 16.8. The van der Waals surface area contributed by atoms with Crippen molar-refractivity contribution in [3.05, 3.63) is 59.2 Å². The highest BCUT2D eigenvalue weighted by Crippen LogP contribution is 2.16. The van der Waals surface area contributed by atoms with E-state index in [-0.39, 0.29) is 10.7 Å². The first-order chi connectivity index (χ1) is 13.2. The zero-order chi connectivity index (χ0) is 20.7. The Bertz CT molecular complexity index is 951. The van der Waals surface area contributed by atoms with Crippen molar-refractivity contribution >= 4 is 21.8 Å². The van der Waals surface area contributed by atoms with Crippen LogP contribution in [-0.2, 0) is 19.6 Å². The number of Topliss-reactive ketones (excluding diaryl/α,β-unsaturated/α-hetero) is 1. The van der Waals surface area contributed by atoms with Crippen LogP contribution in [0.2, 0.25) is 0 Å². The molecular formula is C20H23NO6S. The van der Waals surface area contributed by atoms with E-state index in [1.54, 1.807) is 13.0 Å². The highest BCUT2D eigenvalue weighted by molar-refractivity contribution is 7.89. The number of ether oxygens (including phenoxy) is 2. The average Bonchev–Trinajstić information content (AvgIpc) is 2.67. The molecule has 7 nitrogen and oxygen atoms in total. The van der Waals surface area contributed by atoms with Crippen LogP contribution in [0, 0.1) is 13.8 Å². The highest BCUT2D eigenvalue weighted by Gasteiger charge is 2.17. The Morgan fingerprint density at radius 1 is 1.04 bits per heavy atom. The molecule has 2 aromatic rings. The van der Waals surface area contributed by atoms with E-state index in [9.17, 15) is 18.0 Å². The van der Waals surface area contributed by atoms with Gasteiger partial charge in [0.05, 0.1) is 11.5 Å². The number of carbonyl (C=O) groups excluding carboxylic acids is 2. The topological polar surface area (TPSA) is 98.8 Å². The fourth-order valence-electron chi connectivity index (χ4n) is 2.43. The van der Waals surface area contributed by atoms with Crippen molar-refractivity contribution in [1.29, 1.82) is 0 Å². The van der Waals surface area contributed by atoms with Crippen molar-refractivity contribution in [2.45, 2.75) is 25.7 Å². The van der Waals surface area contributed by atoms with Crippen LogP contribution < -0.4 is 9.46 Å². The Hall–Kier alpha value is -2.71.